The molecule has 3 aliphatic rings. The Labute approximate surface area is 793 Å². The molecule has 0 bridgehead atoms. The molecule has 49 heteroatoms. The van der Waals surface area contributed by atoms with Crippen molar-refractivity contribution in [2.24, 2.45) is 57.5 Å². The first-order chi connectivity index (χ1) is 63.6. The molecule has 5 rings (SSSR count). The SMILES string of the molecule is CC[C@H](C)[C@@H]1NC(=O)[C@H](CCC(=O)O)NC(=O)[C@@H]2CCCN2C(=O)[C@H](CC(N)=O)NC(=O)[C@H](CCC(=O)O)NC(=O)[C@@H](NC(C)=O)CSc2c3ccsc3cn2CCCC[C@@H](C(=O)N[C@@H](CC2=CN=CC2)C(=O)N[C@H](C(=O)C[C@@H](CCC(N)=O)C(=O)N[C@@H](CCCNC(=N)N)C(=O)N[C@H](C(=O)N[C@@H](CCSC)C(N)=O)C(C)C)C(C)C)NC(=O)[C@H](CC(=O)O)NC(=O)[C@H](CC(C)C)NC1=O. The molecule has 26 N–H and O–H groups in total. The quantitative estimate of drug-likeness (QED) is 0.0191. The van der Waals surface area contributed by atoms with E-state index in [4.69, 9.17) is 28.3 Å². The Hall–Kier alpha value is -12.3. The highest BCUT2D eigenvalue weighted by molar-refractivity contribution is 7.99. The molecule has 2 aromatic heterocycles. The minimum atomic E-state index is -2.07. The number of thioether (sulfide) groups is 2. The van der Waals surface area contributed by atoms with E-state index in [-0.39, 0.29) is 109 Å². The topological polar surface area (TPSA) is 736 Å². The van der Waals surface area contributed by atoms with E-state index in [0.717, 1.165) is 28.3 Å². The molecule has 46 nitrogen and oxygen atoms in total. The molecule has 0 aromatic carbocycles. The highest BCUT2D eigenvalue weighted by Crippen LogP contribution is 2.35. The van der Waals surface area contributed by atoms with Crippen LogP contribution in [0.5, 0.6) is 0 Å². The van der Waals surface area contributed by atoms with E-state index >= 15 is 14.4 Å². The van der Waals surface area contributed by atoms with Gasteiger partial charge in [-0.3, -0.25) is 111 Å². The summed E-state index contributed by atoms with van der Waals surface area (Å²) in [4.78, 5) is 299. The van der Waals surface area contributed by atoms with Gasteiger partial charge in [-0.1, -0.05) is 61.8 Å². The summed E-state index contributed by atoms with van der Waals surface area (Å²) in [5.74, 6) is -26.9. The van der Waals surface area contributed by atoms with E-state index in [9.17, 15) is 102 Å². The average Bonchev–Trinajstić information content (AvgIpc) is 1.65. The largest absolute Gasteiger partial charge is 0.481 e. The lowest BCUT2D eigenvalue weighted by Crippen LogP contribution is -2.61. The summed E-state index contributed by atoms with van der Waals surface area (Å²) in [6.07, 6.45) is -0.271. The Kier molecular flexibility index (Phi) is 47.1. The van der Waals surface area contributed by atoms with Crippen molar-refractivity contribution in [2.75, 3.05) is 30.9 Å². The van der Waals surface area contributed by atoms with Gasteiger partial charge >= 0.3 is 17.9 Å². The summed E-state index contributed by atoms with van der Waals surface area (Å²) in [5, 5.41) is 76.8. The number of carboxylic acids is 3. The van der Waals surface area contributed by atoms with Crippen molar-refractivity contribution in [1.82, 2.24) is 83.9 Å². The van der Waals surface area contributed by atoms with E-state index < -0.39 is 296 Å². The van der Waals surface area contributed by atoms with Crippen LogP contribution < -0.4 is 97.4 Å². The number of aromatic nitrogens is 1. The number of carboxylic acid groups (broad SMARTS) is 3. The van der Waals surface area contributed by atoms with Crippen LogP contribution >= 0.6 is 34.9 Å². The van der Waals surface area contributed by atoms with Crippen LogP contribution in [-0.2, 0) is 107 Å². The van der Waals surface area contributed by atoms with Crippen molar-refractivity contribution in [2.45, 2.75) is 293 Å². The summed E-state index contributed by atoms with van der Waals surface area (Å²) in [6.45, 7) is 13.8. The zero-order valence-corrected chi connectivity index (χ0v) is 80.0. The maximum absolute atomic E-state index is 15.5. The van der Waals surface area contributed by atoms with Gasteiger partial charge < -0.3 is 122 Å². The van der Waals surface area contributed by atoms with Gasteiger partial charge in [0.1, 0.15) is 78.5 Å². The Morgan fingerprint density at radius 2 is 1.21 bits per heavy atom. The molecule has 0 unspecified atom stereocenters. The predicted octanol–water partition coefficient (Wildman–Crippen LogP) is -2.13. The molecule has 5 heterocycles. The number of fused-ring (bicyclic) bond motifs is 4. The molecule has 0 aliphatic carbocycles. The number of nitrogens with two attached hydrogens (primary N) is 4. The summed E-state index contributed by atoms with van der Waals surface area (Å²) in [6, 6.07) is -20.8. The van der Waals surface area contributed by atoms with Crippen molar-refractivity contribution >= 4 is 181 Å². The number of ketones is 1. The smallest absolute Gasteiger partial charge is 0.305 e. The molecule has 1 saturated heterocycles. The normalized spacial score (nSPS) is 21.5. The Morgan fingerprint density at radius 1 is 0.615 bits per heavy atom. The van der Waals surface area contributed by atoms with Gasteiger partial charge in [0.15, 0.2) is 11.7 Å². The molecule has 16 atom stereocenters. The van der Waals surface area contributed by atoms with Crippen LogP contribution in [0.4, 0.5) is 0 Å². The Morgan fingerprint density at radius 3 is 1.79 bits per heavy atom. The Bertz CT molecular complexity index is 4670. The first kappa shape index (κ1) is 113. The van der Waals surface area contributed by atoms with Gasteiger partial charge in [0.25, 0.3) is 0 Å². The van der Waals surface area contributed by atoms with Crippen LogP contribution in [0, 0.1) is 35.0 Å². The molecule has 135 heavy (non-hydrogen) atoms. The fourth-order valence-corrected chi connectivity index (χ4v) is 17.8. The van der Waals surface area contributed by atoms with Gasteiger partial charge in [-0.25, -0.2) is 0 Å². The number of rotatable bonds is 43. The molecule has 0 saturated carbocycles. The molecule has 3 aliphatic heterocycles. The van der Waals surface area contributed by atoms with Gasteiger partial charge in [-0.15, -0.1) is 23.1 Å². The monoisotopic (exact) mass is 1950 g/mol. The number of hydrogen-bond acceptors (Lipinski definition) is 26. The van der Waals surface area contributed by atoms with E-state index in [0.29, 0.717) is 21.7 Å². The second-order valence-electron chi connectivity index (χ2n) is 34.8. The second-order valence-corrected chi connectivity index (χ2v) is 37.7. The van der Waals surface area contributed by atoms with Gasteiger partial charge in [0, 0.05) is 94.3 Å². The first-order valence-corrected chi connectivity index (χ1v) is 48.1. The zero-order valence-electron chi connectivity index (χ0n) is 77.5. The predicted molar refractivity (Wildman–Crippen MR) is 497 cm³/mol. The fraction of sp³-hybridized carbons (Fsp3) is 0.640. The lowest BCUT2D eigenvalue weighted by Gasteiger charge is -2.31. The molecular formula is C86H132N22O24S3. The third-order valence-corrected chi connectivity index (χ3v) is 25.4. The van der Waals surface area contributed by atoms with Crippen molar-refractivity contribution in [3.8, 4) is 0 Å². The summed E-state index contributed by atoms with van der Waals surface area (Å²) >= 11 is 3.78. The number of nitrogens with one attached hydrogen (secondary N) is 15. The van der Waals surface area contributed by atoms with Crippen LogP contribution in [0.1, 0.15) is 197 Å². The lowest BCUT2D eigenvalue weighted by molar-refractivity contribution is -0.144. The summed E-state index contributed by atoms with van der Waals surface area (Å²) in [7, 11) is 0. The van der Waals surface area contributed by atoms with Crippen molar-refractivity contribution in [3.63, 3.8) is 0 Å². The standard InChI is InChI=1S/C86H132N22O24S3/c1-11-45(8)70-83(131)102-55(34-42(2)3)77(125)101-57(38-67(117)118)78(126)97-51(73(121)100-56(35-47-25-29-92-39-47)79(127)104-68(43(4)5)61(110)36-48(19-22-63(87)111)72(120)96-52(17-14-28-93-86(90)91)75(123)105-69(44(6)7)82(130)95-50(71(89)119)27-32-133-10)16-12-13-30-107-40-62-49(26-33-134-62)85(107)135-41-59(94-46(9)109)80(128)98-53(20-23-65(113)114)74(122)103-58(37-64(88)112)84(132)108-31-15-18-60(108)81(129)99-54(76(124)106-70)21-24-66(115)116/h26,29,33,39-40,42-45,48,50-60,68-70H,11-25,27-28,30-32,34-38,41H2,1-10H3,(H2,87,111)(H2,88,112)(H2,89,119)(H,94,109)(H,95,130)(H,96,120)(H,97,126)(H,98,128)(H,99,129)(H,100,121)(H,101,125)(H,102,131)(H,103,122)(H,104,127)(H,105,123)(H,106,124)(H,113,114)(H,115,116)(H,117,118)(H4,90,91,93)/t45-,48+,50-,51-,52-,53-,54-,55-,56-,57-,58-,59-,60-,68-,69-,70-/m0/s1. The van der Waals surface area contributed by atoms with E-state index in [1.165, 1.54) is 42.4 Å². The highest BCUT2D eigenvalue weighted by atomic mass is 32.2. The lowest BCUT2D eigenvalue weighted by atomic mass is 9.88. The molecule has 748 valence electrons. The number of hydrogen-bond donors (Lipinski definition) is 22. The zero-order chi connectivity index (χ0) is 101. The third-order valence-electron chi connectivity index (χ3n) is 22.7. The van der Waals surface area contributed by atoms with Crippen LogP contribution in [0.3, 0.4) is 0 Å². The Balaban J connectivity index is 1.62. The van der Waals surface area contributed by atoms with Crippen molar-refractivity contribution in [3.05, 3.63) is 29.4 Å². The highest BCUT2D eigenvalue weighted by Gasteiger charge is 2.44. The van der Waals surface area contributed by atoms with Crippen molar-refractivity contribution in [1.29, 1.82) is 5.41 Å². The minimum Gasteiger partial charge on any atom is -0.481 e. The summed E-state index contributed by atoms with van der Waals surface area (Å²) in [5.41, 5.74) is 22.8. The number of guanidine groups is 1. The van der Waals surface area contributed by atoms with Crippen molar-refractivity contribution < 1.29 is 116 Å². The number of carbonyl (C=O) groups excluding carboxylic acids is 18. The van der Waals surface area contributed by atoms with E-state index in [1.54, 1.807) is 76.9 Å². The van der Waals surface area contributed by atoms with Gasteiger partial charge in [0.05, 0.1) is 28.6 Å². The second kappa shape index (κ2) is 56.1. The summed E-state index contributed by atoms with van der Waals surface area (Å²) < 4.78 is 2.51. The van der Waals surface area contributed by atoms with E-state index in [2.05, 4.69) is 79.4 Å². The van der Waals surface area contributed by atoms with Gasteiger partial charge in [-0.2, -0.15) is 11.8 Å². The molecule has 0 radical (unpaired) electrons. The maximum atomic E-state index is 15.5. The number of nitrogens with zero attached hydrogens (tertiary/aromatic N) is 3. The number of aliphatic imine (C=N–C) groups is 1. The first-order valence-electron chi connectivity index (χ1n) is 44.8. The maximum Gasteiger partial charge on any atom is 0.305 e. The van der Waals surface area contributed by atoms with Crippen LogP contribution in [0.15, 0.2) is 39.4 Å². The van der Waals surface area contributed by atoms with Gasteiger partial charge in [0.2, 0.25) is 100 Å². The molecule has 1 fully saturated rings. The third kappa shape index (κ3) is 37.8. The number of Topliss-reactive ketones (excluding diaryl/α,β-unsaturated/α-hetero) is 1. The molecule has 0 spiro atoms. The van der Waals surface area contributed by atoms with Crippen LogP contribution in [-0.4, -0.2) is 277 Å². The number of amides is 17. The number of aliphatic carboxylic acids is 3. The molecule has 17 amide bonds. The molecule has 2 aromatic rings. The minimum absolute atomic E-state index is 0.00562. The number of thiophene rings is 1. The van der Waals surface area contributed by atoms with Crippen LogP contribution in [0.2, 0.25) is 0 Å². The van der Waals surface area contributed by atoms with Crippen LogP contribution in [0.25, 0.3) is 10.1 Å². The van der Waals surface area contributed by atoms with E-state index in [1.807, 2.05) is 0 Å². The molecular weight excluding hydrogens is 1820 g/mol. The number of carbonyl (C=O) groups is 21. The number of aryl methyl sites for hydroxylation is 1. The van der Waals surface area contributed by atoms with Gasteiger partial charge in [-0.05, 0) is 136 Å². The average molecular weight is 1950 g/mol. The number of primary amides is 3. The fourth-order valence-electron chi connectivity index (χ4n) is 15.2.